The van der Waals surface area contributed by atoms with E-state index >= 15 is 0 Å². The van der Waals surface area contributed by atoms with Crippen molar-refractivity contribution >= 4 is 34.3 Å². The summed E-state index contributed by atoms with van der Waals surface area (Å²) in [5, 5.41) is 4.79. The summed E-state index contributed by atoms with van der Waals surface area (Å²) in [6.45, 7) is 4.36. The molecule has 0 saturated carbocycles. The van der Waals surface area contributed by atoms with Crippen LogP contribution in [0.4, 0.5) is 5.69 Å². The maximum Gasteiger partial charge on any atom is 0.234 e. The molecule has 3 aromatic carbocycles. The van der Waals surface area contributed by atoms with Crippen LogP contribution in [0, 0.1) is 6.92 Å². The Morgan fingerprint density at radius 2 is 1.75 bits per heavy atom. The van der Waals surface area contributed by atoms with Crippen LogP contribution in [0.25, 0.3) is 10.9 Å². The SMILES string of the molecule is CCc1cccc(C)c1NC(=O)CSc1nc(COc2ccccc2)nc2ccccc12. The van der Waals surface area contributed by atoms with E-state index in [1.165, 1.54) is 11.8 Å². The summed E-state index contributed by atoms with van der Waals surface area (Å²) in [5.41, 5.74) is 3.95. The number of aryl methyl sites for hydroxylation is 2. The van der Waals surface area contributed by atoms with Crippen molar-refractivity contribution in [3.63, 3.8) is 0 Å². The molecule has 4 rings (SSSR count). The third-order valence-corrected chi connectivity index (χ3v) is 6.06. The smallest absolute Gasteiger partial charge is 0.234 e. The molecule has 1 heterocycles. The summed E-state index contributed by atoms with van der Waals surface area (Å²) in [4.78, 5) is 22.1. The Morgan fingerprint density at radius 3 is 2.56 bits per heavy atom. The summed E-state index contributed by atoms with van der Waals surface area (Å²) in [7, 11) is 0. The lowest BCUT2D eigenvalue weighted by molar-refractivity contribution is -0.113. The van der Waals surface area contributed by atoms with Gasteiger partial charge in [0.15, 0.2) is 5.82 Å². The molecule has 0 fully saturated rings. The summed E-state index contributed by atoms with van der Waals surface area (Å²) in [6, 6.07) is 23.5. The van der Waals surface area contributed by atoms with Crippen LogP contribution in [0.5, 0.6) is 5.75 Å². The first-order chi connectivity index (χ1) is 15.6. The number of aromatic nitrogens is 2. The van der Waals surface area contributed by atoms with E-state index in [0.29, 0.717) is 5.82 Å². The Bertz CT molecular complexity index is 1230. The molecule has 0 aliphatic carbocycles. The fourth-order valence-electron chi connectivity index (χ4n) is 3.44. The Hall–Kier alpha value is -3.38. The average Bonchev–Trinajstić information content (AvgIpc) is 2.83. The molecule has 162 valence electrons. The maximum absolute atomic E-state index is 12.7. The highest BCUT2D eigenvalue weighted by atomic mass is 32.2. The van der Waals surface area contributed by atoms with Gasteiger partial charge in [0.05, 0.1) is 11.3 Å². The lowest BCUT2D eigenvalue weighted by atomic mass is 10.1. The number of fused-ring (bicyclic) bond motifs is 1. The zero-order chi connectivity index (χ0) is 22.3. The molecule has 1 amide bonds. The van der Waals surface area contributed by atoms with Crippen LogP contribution in [-0.4, -0.2) is 21.6 Å². The van der Waals surface area contributed by atoms with E-state index in [1.807, 2.05) is 79.7 Å². The van der Waals surface area contributed by atoms with Gasteiger partial charge in [0.25, 0.3) is 0 Å². The maximum atomic E-state index is 12.7. The predicted octanol–water partition coefficient (Wildman–Crippen LogP) is 5.81. The van der Waals surface area contributed by atoms with Gasteiger partial charge in [0.1, 0.15) is 17.4 Å². The van der Waals surface area contributed by atoms with E-state index in [9.17, 15) is 4.79 Å². The molecule has 32 heavy (non-hydrogen) atoms. The number of benzene rings is 3. The first-order valence-corrected chi connectivity index (χ1v) is 11.6. The van der Waals surface area contributed by atoms with E-state index < -0.39 is 0 Å². The number of para-hydroxylation sites is 3. The highest BCUT2D eigenvalue weighted by Crippen LogP contribution is 2.27. The zero-order valence-electron chi connectivity index (χ0n) is 18.2. The van der Waals surface area contributed by atoms with Crippen molar-refractivity contribution < 1.29 is 9.53 Å². The molecule has 5 nitrogen and oxygen atoms in total. The molecule has 0 bridgehead atoms. The minimum atomic E-state index is -0.0521. The number of amides is 1. The van der Waals surface area contributed by atoms with Crippen LogP contribution in [0.1, 0.15) is 23.9 Å². The Labute approximate surface area is 192 Å². The number of thioether (sulfide) groups is 1. The molecular formula is C26H25N3O2S. The van der Waals surface area contributed by atoms with Gasteiger partial charge in [-0.3, -0.25) is 4.79 Å². The van der Waals surface area contributed by atoms with Crippen molar-refractivity contribution in [3.05, 3.63) is 89.7 Å². The van der Waals surface area contributed by atoms with Crippen molar-refractivity contribution in [1.82, 2.24) is 9.97 Å². The summed E-state index contributed by atoms with van der Waals surface area (Å²) in [6.07, 6.45) is 0.867. The van der Waals surface area contributed by atoms with Crippen molar-refractivity contribution in [1.29, 1.82) is 0 Å². The van der Waals surface area contributed by atoms with Crippen LogP contribution in [0.2, 0.25) is 0 Å². The Balaban J connectivity index is 1.50. The van der Waals surface area contributed by atoms with E-state index in [1.54, 1.807) is 0 Å². The van der Waals surface area contributed by atoms with E-state index in [2.05, 4.69) is 17.2 Å². The first-order valence-electron chi connectivity index (χ1n) is 10.6. The monoisotopic (exact) mass is 443 g/mol. The molecule has 4 aromatic rings. The Morgan fingerprint density at radius 1 is 0.969 bits per heavy atom. The summed E-state index contributed by atoms with van der Waals surface area (Å²) < 4.78 is 5.83. The first kappa shape index (κ1) is 21.8. The van der Waals surface area contributed by atoms with Crippen LogP contribution >= 0.6 is 11.8 Å². The zero-order valence-corrected chi connectivity index (χ0v) is 19.0. The standard InChI is InChI=1S/C26H25N3O2S/c1-3-19-11-9-10-18(2)25(19)29-24(30)17-32-26-21-14-7-8-15-22(21)27-23(28-26)16-31-20-12-5-4-6-13-20/h4-15H,3,16-17H2,1-2H3,(H,29,30). The second-order valence-corrected chi connectivity index (χ2v) is 8.33. The van der Waals surface area contributed by atoms with Crippen LogP contribution in [0.15, 0.2) is 77.8 Å². The number of hydrogen-bond acceptors (Lipinski definition) is 5. The minimum Gasteiger partial charge on any atom is -0.486 e. The topological polar surface area (TPSA) is 64.1 Å². The van der Waals surface area contributed by atoms with Gasteiger partial charge in [-0.15, -0.1) is 0 Å². The molecule has 0 aliphatic rings. The molecule has 0 radical (unpaired) electrons. The molecule has 0 saturated heterocycles. The number of hydrogen-bond donors (Lipinski definition) is 1. The van der Waals surface area contributed by atoms with Crippen molar-refractivity contribution in [2.45, 2.75) is 31.9 Å². The predicted molar refractivity (Wildman–Crippen MR) is 130 cm³/mol. The largest absolute Gasteiger partial charge is 0.486 e. The van der Waals surface area contributed by atoms with Crippen LogP contribution < -0.4 is 10.1 Å². The van der Waals surface area contributed by atoms with Crippen molar-refractivity contribution in [2.75, 3.05) is 11.1 Å². The van der Waals surface area contributed by atoms with E-state index in [-0.39, 0.29) is 18.3 Å². The lowest BCUT2D eigenvalue weighted by Crippen LogP contribution is -2.16. The Kier molecular flexibility index (Phi) is 7.02. The number of ether oxygens (including phenoxy) is 1. The number of carbonyl (C=O) groups excluding carboxylic acids is 1. The number of nitrogens with one attached hydrogen (secondary N) is 1. The molecule has 0 spiro atoms. The second kappa shape index (κ2) is 10.3. The average molecular weight is 444 g/mol. The highest BCUT2D eigenvalue weighted by Gasteiger charge is 2.13. The molecule has 6 heteroatoms. The third-order valence-electron chi connectivity index (χ3n) is 5.07. The normalized spacial score (nSPS) is 10.8. The fourth-order valence-corrected chi connectivity index (χ4v) is 4.28. The second-order valence-electron chi connectivity index (χ2n) is 7.36. The van der Waals surface area contributed by atoms with Crippen LogP contribution in [-0.2, 0) is 17.8 Å². The number of nitrogens with zero attached hydrogens (tertiary/aromatic N) is 2. The quantitative estimate of drug-likeness (QED) is 0.275. The van der Waals surface area contributed by atoms with Crippen LogP contribution in [0.3, 0.4) is 0 Å². The van der Waals surface area contributed by atoms with Gasteiger partial charge < -0.3 is 10.1 Å². The summed E-state index contributed by atoms with van der Waals surface area (Å²) in [5.74, 6) is 1.56. The van der Waals surface area contributed by atoms with Crippen molar-refractivity contribution in [2.24, 2.45) is 0 Å². The number of carbonyl (C=O) groups is 1. The minimum absolute atomic E-state index is 0.0521. The molecule has 1 N–H and O–H groups in total. The fraction of sp³-hybridized carbons (Fsp3) is 0.192. The van der Waals surface area contributed by atoms with Gasteiger partial charge in [-0.05, 0) is 42.7 Å². The van der Waals surface area contributed by atoms with Gasteiger partial charge in [0.2, 0.25) is 5.91 Å². The summed E-state index contributed by atoms with van der Waals surface area (Å²) >= 11 is 1.41. The molecular weight excluding hydrogens is 418 g/mol. The van der Waals surface area contributed by atoms with Gasteiger partial charge in [-0.25, -0.2) is 9.97 Å². The van der Waals surface area contributed by atoms with Crippen molar-refractivity contribution in [3.8, 4) is 5.75 Å². The molecule has 0 atom stereocenters. The molecule has 1 aromatic heterocycles. The number of anilines is 1. The van der Waals surface area contributed by atoms with Gasteiger partial charge in [0, 0.05) is 11.1 Å². The molecule has 0 unspecified atom stereocenters. The highest BCUT2D eigenvalue weighted by molar-refractivity contribution is 8.00. The van der Waals surface area contributed by atoms with Gasteiger partial charge >= 0.3 is 0 Å². The van der Waals surface area contributed by atoms with Gasteiger partial charge in [-0.1, -0.05) is 73.3 Å². The third kappa shape index (κ3) is 5.26. The lowest BCUT2D eigenvalue weighted by Gasteiger charge is -2.13. The number of rotatable bonds is 8. The van der Waals surface area contributed by atoms with E-state index in [4.69, 9.17) is 9.72 Å². The van der Waals surface area contributed by atoms with Gasteiger partial charge in [-0.2, -0.15) is 0 Å². The van der Waals surface area contributed by atoms with E-state index in [0.717, 1.165) is 44.9 Å². The molecule has 0 aliphatic heterocycles.